The number of halogens is 1. The van der Waals surface area contributed by atoms with E-state index in [1.807, 2.05) is 4.90 Å². The Balaban J connectivity index is 1.84. The zero-order valence-corrected chi connectivity index (χ0v) is 14.4. The number of anilines is 1. The molecule has 1 aliphatic heterocycles. The molecule has 1 spiro atoms. The van der Waals surface area contributed by atoms with Gasteiger partial charge in [0.25, 0.3) is 0 Å². The Morgan fingerprint density at radius 3 is 2.32 bits per heavy atom. The van der Waals surface area contributed by atoms with Crippen molar-refractivity contribution in [2.45, 2.75) is 51.3 Å². The highest BCUT2D eigenvalue weighted by atomic mass is 32.2. The highest BCUT2D eigenvalue weighted by Crippen LogP contribution is 2.52. The van der Waals surface area contributed by atoms with Gasteiger partial charge in [0, 0.05) is 5.69 Å². The zero-order valence-electron chi connectivity index (χ0n) is 13.6. The first-order valence-electron chi connectivity index (χ1n) is 8.04. The van der Waals surface area contributed by atoms with Crippen molar-refractivity contribution in [3.05, 3.63) is 30.1 Å². The lowest BCUT2D eigenvalue weighted by Crippen LogP contribution is -2.48. The second-order valence-corrected chi connectivity index (χ2v) is 8.92. The number of carbonyl (C=O) groups is 1. The third kappa shape index (κ3) is 2.78. The van der Waals surface area contributed by atoms with Gasteiger partial charge in [-0.2, -0.15) is 0 Å². The normalized spacial score (nSPS) is 29.4. The first-order valence-corrected chi connectivity index (χ1v) is 9.03. The summed E-state index contributed by atoms with van der Waals surface area (Å²) in [4.78, 5) is 14.2. The van der Waals surface area contributed by atoms with Crippen LogP contribution in [0.5, 0.6) is 0 Å². The van der Waals surface area contributed by atoms with E-state index in [0.29, 0.717) is 17.1 Å². The van der Waals surface area contributed by atoms with Crippen LogP contribution in [0.4, 0.5) is 10.1 Å². The van der Waals surface area contributed by atoms with Gasteiger partial charge in [-0.1, -0.05) is 20.8 Å². The van der Waals surface area contributed by atoms with Gasteiger partial charge >= 0.3 is 0 Å². The second-order valence-electron chi connectivity index (χ2n) is 7.58. The summed E-state index contributed by atoms with van der Waals surface area (Å²) in [7, 11) is 0. The number of benzene rings is 1. The Morgan fingerprint density at radius 2 is 1.77 bits per heavy atom. The fourth-order valence-corrected chi connectivity index (χ4v) is 5.21. The van der Waals surface area contributed by atoms with Crippen LogP contribution in [0.1, 0.15) is 46.5 Å². The van der Waals surface area contributed by atoms with Crippen molar-refractivity contribution in [3.8, 4) is 0 Å². The largest absolute Gasteiger partial charge is 0.297 e. The molecule has 120 valence electrons. The molecule has 2 aliphatic rings. The molecule has 2 nitrogen and oxygen atoms in total. The molecule has 4 heteroatoms. The number of carbonyl (C=O) groups excluding carboxylic acids is 1. The molecule has 1 amide bonds. The van der Waals surface area contributed by atoms with E-state index < -0.39 is 0 Å². The van der Waals surface area contributed by atoms with Crippen LogP contribution in [-0.4, -0.2) is 16.5 Å². The lowest BCUT2D eigenvalue weighted by molar-refractivity contribution is -0.116. The molecule has 1 saturated carbocycles. The van der Waals surface area contributed by atoms with Gasteiger partial charge < -0.3 is 0 Å². The maximum Gasteiger partial charge on any atom is 0.238 e. The average Bonchev–Trinajstić information content (AvgIpc) is 2.77. The summed E-state index contributed by atoms with van der Waals surface area (Å²) in [5, 5.41) is 0. The predicted molar refractivity (Wildman–Crippen MR) is 90.5 cm³/mol. The van der Waals surface area contributed by atoms with E-state index >= 15 is 0 Å². The van der Waals surface area contributed by atoms with Crippen LogP contribution < -0.4 is 4.90 Å². The van der Waals surface area contributed by atoms with Crippen molar-refractivity contribution in [1.29, 1.82) is 0 Å². The summed E-state index contributed by atoms with van der Waals surface area (Å²) in [5.74, 6) is 1.15. The Kier molecular flexibility index (Phi) is 4.00. The fraction of sp³-hybridized carbons (Fsp3) is 0.611. The monoisotopic (exact) mass is 321 g/mol. The summed E-state index contributed by atoms with van der Waals surface area (Å²) < 4.78 is 13.2. The number of thioether (sulfide) groups is 1. The van der Waals surface area contributed by atoms with Gasteiger partial charge in [-0.15, -0.1) is 11.8 Å². The van der Waals surface area contributed by atoms with Crippen LogP contribution >= 0.6 is 11.8 Å². The van der Waals surface area contributed by atoms with Crippen LogP contribution in [0.2, 0.25) is 0 Å². The topological polar surface area (TPSA) is 20.3 Å². The minimum atomic E-state index is -0.256. The Bertz CT molecular complexity index is 555. The van der Waals surface area contributed by atoms with Crippen molar-refractivity contribution in [1.82, 2.24) is 0 Å². The number of amides is 1. The molecular formula is C18H24FNOS. The number of rotatable bonds is 1. The molecule has 1 aliphatic carbocycles. The van der Waals surface area contributed by atoms with E-state index in [9.17, 15) is 9.18 Å². The molecule has 1 saturated heterocycles. The van der Waals surface area contributed by atoms with Crippen molar-refractivity contribution in [2.24, 2.45) is 11.3 Å². The SMILES string of the molecule is CC(C)(C)C1CCC2(CC1)SCC(=O)N2c1ccc(F)cc1. The van der Waals surface area contributed by atoms with E-state index in [2.05, 4.69) is 20.8 Å². The lowest BCUT2D eigenvalue weighted by Gasteiger charge is -2.45. The van der Waals surface area contributed by atoms with E-state index in [1.54, 1.807) is 23.9 Å². The maximum atomic E-state index is 13.2. The molecule has 1 aromatic carbocycles. The molecule has 22 heavy (non-hydrogen) atoms. The average molecular weight is 321 g/mol. The Labute approximate surface area is 136 Å². The summed E-state index contributed by atoms with van der Waals surface area (Å²) in [5.41, 5.74) is 1.17. The second kappa shape index (κ2) is 5.55. The van der Waals surface area contributed by atoms with Crippen LogP contribution in [0.25, 0.3) is 0 Å². The quantitative estimate of drug-likeness (QED) is 0.738. The molecule has 1 heterocycles. The maximum absolute atomic E-state index is 13.2. The van der Waals surface area contributed by atoms with E-state index in [0.717, 1.165) is 31.4 Å². The molecule has 1 aromatic rings. The summed E-state index contributed by atoms with van der Waals surface area (Å²) in [6, 6.07) is 6.35. The Hall–Kier alpha value is -1.03. The molecule has 0 bridgehead atoms. The minimum absolute atomic E-state index is 0.114. The van der Waals surface area contributed by atoms with Gasteiger partial charge in [0.15, 0.2) is 0 Å². The molecule has 0 unspecified atom stereocenters. The van der Waals surface area contributed by atoms with Crippen LogP contribution in [0.15, 0.2) is 24.3 Å². The molecule has 0 N–H and O–H groups in total. The number of hydrogen-bond acceptors (Lipinski definition) is 2. The molecule has 3 rings (SSSR count). The highest BCUT2D eigenvalue weighted by molar-refractivity contribution is 8.02. The van der Waals surface area contributed by atoms with Gasteiger partial charge in [-0.3, -0.25) is 9.69 Å². The fourth-order valence-electron chi connectivity index (χ4n) is 3.82. The standard InChI is InChI=1S/C18H24FNOS/c1-17(2,3)13-8-10-18(11-9-13)20(16(21)12-22-18)15-6-4-14(19)5-7-15/h4-7,13H,8-12H2,1-3H3. The van der Waals surface area contributed by atoms with Gasteiger partial charge in [-0.25, -0.2) is 4.39 Å². The van der Waals surface area contributed by atoms with Crippen molar-refractivity contribution in [2.75, 3.05) is 10.7 Å². The van der Waals surface area contributed by atoms with Gasteiger partial charge in [0.1, 0.15) is 5.82 Å². The van der Waals surface area contributed by atoms with Crippen LogP contribution in [0.3, 0.4) is 0 Å². The van der Waals surface area contributed by atoms with Crippen molar-refractivity contribution in [3.63, 3.8) is 0 Å². The zero-order chi connectivity index (χ0) is 16.0. The van der Waals surface area contributed by atoms with Crippen molar-refractivity contribution < 1.29 is 9.18 Å². The van der Waals surface area contributed by atoms with Gasteiger partial charge in [-0.05, 0) is 61.3 Å². The van der Waals surface area contributed by atoms with Crippen LogP contribution in [0, 0.1) is 17.2 Å². The van der Waals surface area contributed by atoms with Crippen molar-refractivity contribution >= 4 is 23.4 Å². The van der Waals surface area contributed by atoms with Gasteiger partial charge in [0.2, 0.25) is 5.91 Å². The third-order valence-corrected chi connectivity index (χ3v) is 6.72. The lowest BCUT2D eigenvalue weighted by atomic mass is 9.71. The molecule has 0 aromatic heterocycles. The summed E-state index contributed by atoms with van der Waals surface area (Å²) in [6.07, 6.45) is 4.37. The predicted octanol–water partition coefficient (Wildman–Crippen LogP) is 4.84. The molecular weight excluding hydrogens is 297 g/mol. The summed E-state index contributed by atoms with van der Waals surface area (Å²) in [6.45, 7) is 6.92. The first-order chi connectivity index (χ1) is 10.3. The first kappa shape index (κ1) is 15.9. The summed E-state index contributed by atoms with van der Waals surface area (Å²) >= 11 is 1.78. The molecule has 0 radical (unpaired) electrons. The number of nitrogens with zero attached hydrogens (tertiary/aromatic N) is 1. The molecule has 0 atom stereocenters. The van der Waals surface area contributed by atoms with E-state index in [-0.39, 0.29) is 16.6 Å². The van der Waals surface area contributed by atoms with E-state index in [1.165, 1.54) is 12.1 Å². The number of hydrogen-bond donors (Lipinski definition) is 0. The third-order valence-electron chi connectivity index (χ3n) is 5.20. The minimum Gasteiger partial charge on any atom is -0.297 e. The highest BCUT2D eigenvalue weighted by Gasteiger charge is 2.49. The van der Waals surface area contributed by atoms with E-state index in [4.69, 9.17) is 0 Å². The van der Waals surface area contributed by atoms with Crippen LogP contribution in [-0.2, 0) is 4.79 Å². The molecule has 2 fully saturated rings. The van der Waals surface area contributed by atoms with Gasteiger partial charge in [0.05, 0.1) is 10.6 Å². The Morgan fingerprint density at radius 1 is 1.18 bits per heavy atom. The smallest absolute Gasteiger partial charge is 0.238 e.